The van der Waals surface area contributed by atoms with Gasteiger partial charge in [-0.2, -0.15) is 5.10 Å². The lowest BCUT2D eigenvalue weighted by Crippen LogP contribution is -2.35. The van der Waals surface area contributed by atoms with Crippen molar-refractivity contribution in [3.8, 4) is 0 Å². The van der Waals surface area contributed by atoms with Crippen LogP contribution in [-0.2, 0) is 6.54 Å². The van der Waals surface area contributed by atoms with Crippen LogP contribution in [0.5, 0.6) is 0 Å². The van der Waals surface area contributed by atoms with E-state index in [1.807, 2.05) is 0 Å². The maximum absolute atomic E-state index is 12.5. The standard InChI is InChI=1S/C18H23N5O2/c24-16-2-1-9-20-23(16)15-7-5-14(6-8-15)21-17-18(25)22(11-10-19-17)12-13-3-4-13/h1-2,9-11,13-15H,3-8,12H2,(H,19,21). The second-order valence-electron chi connectivity index (χ2n) is 7.13. The Labute approximate surface area is 145 Å². The quantitative estimate of drug-likeness (QED) is 0.897. The molecule has 132 valence electrons. The fourth-order valence-corrected chi connectivity index (χ4v) is 3.57. The summed E-state index contributed by atoms with van der Waals surface area (Å²) < 4.78 is 3.35. The zero-order valence-corrected chi connectivity index (χ0v) is 14.2. The molecular weight excluding hydrogens is 318 g/mol. The van der Waals surface area contributed by atoms with Crippen LogP contribution in [0, 0.1) is 5.92 Å². The van der Waals surface area contributed by atoms with Gasteiger partial charge in [0.1, 0.15) is 0 Å². The van der Waals surface area contributed by atoms with Gasteiger partial charge in [0.2, 0.25) is 0 Å². The number of aromatic nitrogens is 4. The van der Waals surface area contributed by atoms with Crippen molar-refractivity contribution in [1.82, 2.24) is 19.3 Å². The Morgan fingerprint density at radius 2 is 1.88 bits per heavy atom. The Kier molecular flexibility index (Phi) is 4.38. The average molecular weight is 341 g/mol. The number of nitrogens with zero attached hydrogens (tertiary/aromatic N) is 4. The van der Waals surface area contributed by atoms with Gasteiger partial charge in [0.05, 0.1) is 6.04 Å². The van der Waals surface area contributed by atoms with E-state index in [9.17, 15) is 9.59 Å². The summed E-state index contributed by atoms with van der Waals surface area (Å²) in [6, 6.07) is 3.57. The van der Waals surface area contributed by atoms with Crippen molar-refractivity contribution in [2.24, 2.45) is 5.92 Å². The molecule has 7 heteroatoms. The molecule has 2 fully saturated rings. The number of hydrogen-bond donors (Lipinski definition) is 1. The number of rotatable bonds is 5. The summed E-state index contributed by atoms with van der Waals surface area (Å²) in [5.41, 5.74) is -0.0796. The van der Waals surface area contributed by atoms with E-state index >= 15 is 0 Å². The lowest BCUT2D eigenvalue weighted by molar-refractivity contribution is 0.303. The van der Waals surface area contributed by atoms with Gasteiger partial charge in [0.15, 0.2) is 5.82 Å². The molecule has 4 rings (SSSR count). The second kappa shape index (κ2) is 6.82. The van der Waals surface area contributed by atoms with E-state index in [2.05, 4.69) is 15.4 Å². The predicted molar refractivity (Wildman–Crippen MR) is 94.6 cm³/mol. The Balaban J connectivity index is 1.40. The summed E-state index contributed by atoms with van der Waals surface area (Å²) >= 11 is 0. The van der Waals surface area contributed by atoms with Crippen molar-refractivity contribution in [3.63, 3.8) is 0 Å². The van der Waals surface area contributed by atoms with Gasteiger partial charge < -0.3 is 9.88 Å². The topological polar surface area (TPSA) is 81.8 Å². The molecule has 0 amide bonds. The molecule has 2 aliphatic rings. The average Bonchev–Trinajstić information content (AvgIpc) is 3.44. The molecule has 0 unspecified atom stereocenters. The summed E-state index contributed by atoms with van der Waals surface area (Å²) in [6.07, 6.45) is 11.1. The SMILES string of the molecule is O=c1c(NC2CCC(n3ncccc3=O)CC2)nccn1CC1CC1. The molecule has 2 aromatic heterocycles. The third kappa shape index (κ3) is 3.65. The summed E-state index contributed by atoms with van der Waals surface area (Å²) in [6.45, 7) is 0.797. The maximum atomic E-state index is 12.5. The van der Waals surface area contributed by atoms with E-state index in [0.717, 1.165) is 32.2 Å². The molecule has 0 bridgehead atoms. The van der Waals surface area contributed by atoms with Gasteiger partial charge in [-0.15, -0.1) is 0 Å². The monoisotopic (exact) mass is 341 g/mol. The lowest BCUT2D eigenvalue weighted by atomic mass is 9.91. The van der Waals surface area contributed by atoms with Gasteiger partial charge in [-0.3, -0.25) is 9.59 Å². The Hall–Kier alpha value is -2.44. The molecule has 7 nitrogen and oxygen atoms in total. The lowest BCUT2D eigenvalue weighted by Gasteiger charge is -2.29. The third-order valence-corrected chi connectivity index (χ3v) is 5.19. The van der Waals surface area contributed by atoms with Crippen LogP contribution in [0.4, 0.5) is 5.82 Å². The van der Waals surface area contributed by atoms with Crippen LogP contribution in [0.3, 0.4) is 0 Å². The minimum atomic E-state index is -0.0494. The molecule has 0 saturated heterocycles. The summed E-state index contributed by atoms with van der Waals surface area (Å²) in [5, 5.41) is 7.51. The first-order valence-electron chi connectivity index (χ1n) is 9.06. The van der Waals surface area contributed by atoms with Crippen LogP contribution in [-0.4, -0.2) is 25.4 Å². The van der Waals surface area contributed by atoms with Crippen molar-refractivity contribution >= 4 is 5.82 Å². The van der Waals surface area contributed by atoms with Crippen molar-refractivity contribution in [2.45, 2.75) is 57.2 Å². The van der Waals surface area contributed by atoms with Crippen molar-refractivity contribution in [3.05, 3.63) is 51.4 Å². The largest absolute Gasteiger partial charge is 0.363 e. The number of anilines is 1. The first kappa shape index (κ1) is 16.1. The van der Waals surface area contributed by atoms with Gasteiger partial charge >= 0.3 is 0 Å². The molecule has 2 heterocycles. The molecule has 0 aliphatic heterocycles. The Morgan fingerprint density at radius 3 is 2.60 bits per heavy atom. The normalized spacial score (nSPS) is 23.4. The highest BCUT2D eigenvalue weighted by molar-refractivity contribution is 5.32. The summed E-state index contributed by atoms with van der Waals surface area (Å²) in [7, 11) is 0. The second-order valence-corrected chi connectivity index (χ2v) is 7.13. The zero-order chi connectivity index (χ0) is 17.2. The highest BCUT2D eigenvalue weighted by atomic mass is 16.1. The smallest absolute Gasteiger partial charge is 0.293 e. The van der Waals surface area contributed by atoms with Crippen molar-refractivity contribution in [1.29, 1.82) is 0 Å². The van der Waals surface area contributed by atoms with E-state index in [-0.39, 0.29) is 23.2 Å². The van der Waals surface area contributed by atoms with E-state index in [1.54, 1.807) is 40.0 Å². The van der Waals surface area contributed by atoms with Gasteiger partial charge in [-0.1, -0.05) is 0 Å². The molecule has 25 heavy (non-hydrogen) atoms. The fraction of sp³-hybridized carbons (Fsp3) is 0.556. The molecule has 2 aromatic rings. The van der Waals surface area contributed by atoms with E-state index in [1.165, 1.54) is 12.8 Å². The first-order valence-corrected chi connectivity index (χ1v) is 9.06. The predicted octanol–water partition coefficient (Wildman–Crippen LogP) is 1.81. The minimum Gasteiger partial charge on any atom is -0.363 e. The molecule has 1 N–H and O–H groups in total. The van der Waals surface area contributed by atoms with Crippen molar-refractivity contribution < 1.29 is 0 Å². The zero-order valence-electron chi connectivity index (χ0n) is 14.2. The van der Waals surface area contributed by atoms with Crippen LogP contribution in [0.2, 0.25) is 0 Å². The molecule has 0 atom stereocenters. The minimum absolute atomic E-state index is 0.0301. The van der Waals surface area contributed by atoms with Gasteiger partial charge in [-0.25, -0.2) is 9.67 Å². The van der Waals surface area contributed by atoms with E-state index < -0.39 is 0 Å². The van der Waals surface area contributed by atoms with Crippen LogP contribution < -0.4 is 16.4 Å². The molecular formula is C18H23N5O2. The highest BCUT2D eigenvalue weighted by Gasteiger charge is 2.25. The summed E-state index contributed by atoms with van der Waals surface area (Å²) in [4.78, 5) is 28.7. The van der Waals surface area contributed by atoms with Gasteiger partial charge in [-0.05, 0) is 50.5 Å². The molecule has 2 saturated carbocycles. The Bertz CT molecular complexity index is 847. The maximum Gasteiger partial charge on any atom is 0.293 e. The molecule has 0 spiro atoms. The van der Waals surface area contributed by atoms with Crippen LogP contribution in [0.25, 0.3) is 0 Å². The number of nitrogens with one attached hydrogen (secondary N) is 1. The van der Waals surface area contributed by atoms with Crippen molar-refractivity contribution in [2.75, 3.05) is 5.32 Å². The van der Waals surface area contributed by atoms with Crippen LogP contribution in [0.1, 0.15) is 44.6 Å². The van der Waals surface area contributed by atoms with Crippen LogP contribution >= 0.6 is 0 Å². The first-order chi connectivity index (χ1) is 12.2. The van der Waals surface area contributed by atoms with Gasteiger partial charge in [0, 0.05) is 37.2 Å². The summed E-state index contributed by atoms with van der Waals surface area (Å²) in [5.74, 6) is 1.10. The Morgan fingerprint density at radius 1 is 1.08 bits per heavy atom. The van der Waals surface area contributed by atoms with Gasteiger partial charge in [0.25, 0.3) is 11.1 Å². The fourth-order valence-electron chi connectivity index (χ4n) is 3.57. The highest BCUT2D eigenvalue weighted by Crippen LogP contribution is 2.30. The molecule has 0 radical (unpaired) electrons. The van der Waals surface area contributed by atoms with E-state index in [4.69, 9.17) is 0 Å². The third-order valence-electron chi connectivity index (χ3n) is 5.19. The van der Waals surface area contributed by atoms with Crippen LogP contribution in [0.15, 0.2) is 40.3 Å². The molecule has 0 aromatic carbocycles. The van der Waals surface area contributed by atoms with E-state index in [0.29, 0.717) is 11.7 Å². The number of hydrogen-bond acceptors (Lipinski definition) is 5. The molecule has 2 aliphatic carbocycles.